The van der Waals surface area contributed by atoms with Crippen molar-refractivity contribution in [1.29, 1.82) is 0 Å². The molecule has 0 radical (unpaired) electrons. The average Bonchev–Trinajstić information content (AvgIpc) is 3.11. The van der Waals surface area contributed by atoms with Crippen molar-refractivity contribution in [2.75, 3.05) is 19.0 Å². The van der Waals surface area contributed by atoms with E-state index in [4.69, 9.17) is 9.47 Å². The van der Waals surface area contributed by atoms with E-state index in [1.54, 1.807) is 24.3 Å². The van der Waals surface area contributed by atoms with E-state index >= 15 is 0 Å². The largest absolute Gasteiger partial charge is 0.465 e. The summed E-state index contributed by atoms with van der Waals surface area (Å²) in [5.74, 6) is -0.352. The SMILES string of the molecule is COC(=O)c1ccc([C@@H]2Nc3ccc(F)cc3C3OCCC32)cc1. The molecule has 4 nitrogen and oxygen atoms in total. The van der Waals surface area contributed by atoms with Gasteiger partial charge in [-0.3, -0.25) is 0 Å². The summed E-state index contributed by atoms with van der Waals surface area (Å²) in [5.41, 5.74) is 3.40. The Labute approximate surface area is 139 Å². The third-order valence-corrected chi connectivity index (χ3v) is 4.89. The van der Waals surface area contributed by atoms with Gasteiger partial charge in [0.25, 0.3) is 0 Å². The van der Waals surface area contributed by atoms with Crippen LogP contribution < -0.4 is 5.32 Å². The zero-order valence-corrected chi connectivity index (χ0v) is 13.3. The Morgan fingerprint density at radius 3 is 2.79 bits per heavy atom. The van der Waals surface area contributed by atoms with Crippen molar-refractivity contribution in [2.45, 2.75) is 18.6 Å². The predicted molar refractivity (Wildman–Crippen MR) is 87.3 cm³/mol. The molecule has 2 aromatic rings. The van der Waals surface area contributed by atoms with Crippen LogP contribution in [0.3, 0.4) is 0 Å². The maximum absolute atomic E-state index is 13.6. The highest BCUT2D eigenvalue weighted by molar-refractivity contribution is 5.89. The third-order valence-electron chi connectivity index (χ3n) is 4.89. The monoisotopic (exact) mass is 327 g/mol. The predicted octanol–water partition coefficient (Wildman–Crippen LogP) is 3.86. The number of anilines is 1. The molecule has 0 bridgehead atoms. The molecular weight excluding hydrogens is 309 g/mol. The molecule has 2 unspecified atom stereocenters. The number of fused-ring (bicyclic) bond motifs is 3. The van der Waals surface area contributed by atoms with Crippen molar-refractivity contribution in [3.8, 4) is 0 Å². The molecule has 2 aliphatic rings. The topological polar surface area (TPSA) is 47.6 Å². The van der Waals surface area contributed by atoms with Crippen LogP contribution in [-0.4, -0.2) is 19.7 Å². The first-order valence-corrected chi connectivity index (χ1v) is 8.03. The lowest BCUT2D eigenvalue weighted by atomic mass is 9.81. The molecule has 24 heavy (non-hydrogen) atoms. The Bertz CT molecular complexity index is 775. The van der Waals surface area contributed by atoms with Crippen LogP contribution in [0.25, 0.3) is 0 Å². The Balaban J connectivity index is 1.68. The van der Waals surface area contributed by atoms with Gasteiger partial charge in [0.2, 0.25) is 0 Å². The lowest BCUT2D eigenvalue weighted by Crippen LogP contribution is -2.29. The van der Waals surface area contributed by atoms with Gasteiger partial charge in [-0.25, -0.2) is 9.18 Å². The van der Waals surface area contributed by atoms with Gasteiger partial charge in [0.1, 0.15) is 5.82 Å². The molecule has 1 saturated heterocycles. The van der Waals surface area contributed by atoms with Crippen LogP contribution in [-0.2, 0) is 9.47 Å². The maximum Gasteiger partial charge on any atom is 0.337 e. The number of halogens is 1. The smallest absolute Gasteiger partial charge is 0.337 e. The summed E-state index contributed by atoms with van der Waals surface area (Å²) in [5, 5.41) is 3.51. The van der Waals surface area contributed by atoms with Gasteiger partial charge in [-0.15, -0.1) is 0 Å². The van der Waals surface area contributed by atoms with E-state index in [-0.39, 0.29) is 29.9 Å². The van der Waals surface area contributed by atoms with Gasteiger partial charge >= 0.3 is 5.97 Å². The molecule has 1 fully saturated rings. The fourth-order valence-electron chi connectivity index (χ4n) is 3.72. The van der Waals surface area contributed by atoms with Gasteiger partial charge in [-0.05, 0) is 42.3 Å². The minimum absolute atomic E-state index is 0.0714. The molecule has 2 aliphatic heterocycles. The van der Waals surface area contributed by atoms with Crippen LogP contribution in [0.1, 0.15) is 40.1 Å². The number of rotatable bonds is 2. The van der Waals surface area contributed by atoms with Crippen LogP contribution in [0.5, 0.6) is 0 Å². The number of carbonyl (C=O) groups excluding carboxylic acids is 1. The van der Waals surface area contributed by atoms with E-state index in [1.165, 1.54) is 13.2 Å². The van der Waals surface area contributed by atoms with E-state index in [9.17, 15) is 9.18 Å². The standard InChI is InChI=1S/C19H18FNO3/c1-23-19(22)12-4-2-11(3-5-12)17-14-8-9-24-18(14)15-10-13(20)6-7-16(15)21-17/h2-7,10,14,17-18,21H,8-9H2,1H3/t14?,17-,18?/m0/s1. The highest BCUT2D eigenvalue weighted by atomic mass is 19.1. The average molecular weight is 327 g/mol. The molecule has 0 amide bonds. The first-order valence-electron chi connectivity index (χ1n) is 8.03. The summed E-state index contributed by atoms with van der Waals surface area (Å²) in [4.78, 5) is 11.6. The number of nitrogens with one attached hydrogen (secondary N) is 1. The lowest BCUT2D eigenvalue weighted by molar-refractivity contribution is 0.0600. The second-order valence-corrected chi connectivity index (χ2v) is 6.21. The summed E-state index contributed by atoms with van der Waals surface area (Å²) in [7, 11) is 1.37. The summed E-state index contributed by atoms with van der Waals surface area (Å²) in [6.45, 7) is 0.670. The van der Waals surface area contributed by atoms with E-state index in [2.05, 4.69) is 5.32 Å². The second kappa shape index (κ2) is 5.91. The fraction of sp³-hybridized carbons (Fsp3) is 0.316. The van der Waals surface area contributed by atoms with Crippen molar-refractivity contribution >= 4 is 11.7 Å². The van der Waals surface area contributed by atoms with Crippen LogP contribution in [0, 0.1) is 11.7 Å². The minimum Gasteiger partial charge on any atom is -0.465 e. The molecule has 1 N–H and O–H groups in total. The molecular formula is C19H18FNO3. The Kier molecular flexibility index (Phi) is 3.73. The molecule has 2 heterocycles. The van der Waals surface area contributed by atoms with Crippen molar-refractivity contribution in [2.24, 2.45) is 5.92 Å². The van der Waals surface area contributed by atoms with Crippen molar-refractivity contribution in [3.05, 3.63) is 65.0 Å². The van der Waals surface area contributed by atoms with Gasteiger partial charge in [0.05, 0.1) is 24.8 Å². The number of ether oxygens (including phenoxy) is 2. The maximum atomic E-state index is 13.6. The molecule has 2 aromatic carbocycles. The number of methoxy groups -OCH3 is 1. The molecule has 0 spiro atoms. The molecule has 124 valence electrons. The molecule has 5 heteroatoms. The first-order chi connectivity index (χ1) is 11.7. The lowest BCUT2D eigenvalue weighted by Gasteiger charge is -2.36. The van der Waals surface area contributed by atoms with Crippen molar-refractivity contribution in [1.82, 2.24) is 0 Å². The molecule has 0 saturated carbocycles. The van der Waals surface area contributed by atoms with E-state index in [0.29, 0.717) is 12.2 Å². The fourth-order valence-corrected chi connectivity index (χ4v) is 3.72. The molecule has 4 rings (SSSR count). The van der Waals surface area contributed by atoms with Gasteiger partial charge in [0, 0.05) is 23.8 Å². The normalized spacial score (nSPS) is 24.7. The van der Waals surface area contributed by atoms with Gasteiger partial charge in [-0.2, -0.15) is 0 Å². The van der Waals surface area contributed by atoms with Gasteiger partial charge in [-0.1, -0.05) is 12.1 Å². The Hall–Kier alpha value is -2.40. The molecule has 0 aliphatic carbocycles. The van der Waals surface area contributed by atoms with Crippen LogP contribution >= 0.6 is 0 Å². The molecule has 3 atom stereocenters. The Morgan fingerprint density at radius 2 is 2.04 bits per heavy atom. The zero-order chi connectivity index (χ0) is 16.7. The summed E-state index contributed by atoms with van der Waals surface area (Å²) in [6, 6.07) is 12.3. The summed E-state index contributed by atoms with van der Waals surface area (Å²) < 4.78 is 24.2. The number of carbonyl (C=O) groups is 1. The quantitative estimate of drug-likeness (QED) is 0.851. The van der Waals surface area contributed by atoms with Crippen molar-refractivity contribution in [3.63, 3.8) is 0 Å². The van der Waals surface area contributed by atoms with E-state index < -0.39 is 0 Å². The number of hydrogen-bond acceptors (Lipinski definition) is 4. The third kappa shape index (κ3) is 2.45. The van der Waals surface area contributed by atoms with Crippen LogP contribution in [0.15, 0.2) is 42.5 Å². The zero-order valence-electron chi connectivity index (χ0n) is 13.3. The van der Waals surface area contributed by atoms with Crippen molar-refractivity contribution < 1.29 is 18.7 Å². The molecule has 0 aromatic heterocycles. The highest BCUT2D eigenvalue weighted by Gasteiger charge is 2.41. The second-order valence-electron chi connectivity index (χ2n) is 6.21. The van der Waals surface area contributed by atoms with E-state index in [0.717, 1.165) is 23.2 Å². The van der Waals surface area contributed by atoms with Gasteiger partial charge < -0.3 is 14.8 Å². The van der Waals surface area contributed by atoms with Crippen LogP contribution in [0.4, 0.5) is 10.1 Å². The minimum atomic E-state index is -0.346. The number of hydrogen-bond donors (Lipinski definition) is 1. The van der Waals surface area contributed by atoms with Crippen LogP contribution in [0.2, 0.25) is 0 Å². The number of benzene rings is 2. The van der Waals surface area contributed by atoms with Gasteiger partial charge in [0.15, 0.2) is 0 Å². The Morgan fingerprint density at radius 1 is 1.25 bits per heavy atom. The summed E-state index contributed by atoms with van der Waals surface area (Å²) >= 11 is 0. The highest BCUT2D eigenvalue weighted by Crippen LogP contribution is 2.49. The van der Waals surface area contributed by atoms with E-state index in [1.807, 2.05) is 12.1 Å². The summed E-state index contributed by atoms with van der Waals surface area (Å²) in [6.07, 6.45) is 0.819. The first kappa shape index (κ1) is 15.1. The number of esters is 1.